The zero-order valence-corrected chi connectivity index (χ0v) is 24.4. The van der Waals surface area contributed by atoms with E-state index < -0.39 is 17.7 Å². The van der Waals surface area contributed by atoms with E-state index in [1.165, 1.54) is 40.1 Å². The summed E-state index contributed by atoms with van der Waals surface area (Å²) < 4.78 is 20.3. The SMILES string of the molecule is CCCOc1ccc(C2/C(=C(/O)c3ccc(Br)cc3)C(=O)C(=O)N2c2nnc(SCc3ccc(F)cc3)s2)cc1. The molecule has 11 heteroatoms. The fraction of sp³-hybridized carbons (Fsp3) is 0.172. The highest BCUT2D eigenvalue weighted by atomic mass is 79.9. The maximum atomic E-state index is 13.4. The number of ether oxygens (including phenoxy) is 1. The van der Waals surface area contributed by atoms with Crippen molar-refractivity contribution < 1.29 is 23.8 Å². The largest absolute Gasteiger partial charge is 0.507 e. The molecule has 1 aromatic heterocycles. The molecule has 7 nitrogen and oxygen atoms in total. The number of hydrogen-bond acceptors (Lipinski definition) is 8. The lowest BCUT2D eigenvalue weighted by molar-refractivity contribution is -0.132. The van der Waals surface area contributed by atoms with Crippen LogP contribution in [-0.4, -0.2) is 33.6 Å². The monoisotopic (exact) mass is 639 g/mol. The van der Waals surface area contributed by atoms with E-state index in [4.69, 9.17) is 4.74 Å². The molecule has 204 valence electrons. The maximum absolute atomic E-state index is 13.4. The van der Waals surface area contributed by atoms with Crippen molar-refractivity contribution in [2.24, 2.45) is 0 Å². The van der Waals surface area contributed by atoms with Crippen molar-refractivity contribution in [1.82, 2.24) is 10.2 Å². The van der Waals surface area contributed by atoms with Gasteiger partial charge in [-0.15, -0.1) is 10.2 Å². The standard InChI is InChI=1S/C29H23BrFN3O4S2/c1-2-15-38-22-13-7-18(8-14-22)24-23(25(35)19-5-9-20(30)10-6-19)26(36)27(37)34(24)28-32-33-29(40-28)39-16-17-3-11-21(31)12-4-17/h3-14,24,35H,2,15-16H2,1H3/b25-23-. The third-order valence-corrected chi connectivity index (χ3v) is 8.76. The molecular formula is C29H23BrFN3O4S2. The number of nitrogens with zero attached hydrogens (tertiary/aromatic N) is 3. The molecule has 1 N–H and O–H groups in total. The van der Waals surface area contributed by atoms with E-state index in [1.54, 1.807) is 60.7 Å². The fourth-order valence-corrected chi connectivity index (χ4v) is 6.25. The Morgan fingerprint density at radius 1 is 1.05 bits per heavy atom. The van der Waals surface area contributed by atoms with Gasteiger partial charge in [0.25, 0.3) is 5.78 Å². The van der Waals surface area contributed by atoms with Crippen LogP contribution in [0.5, 0.6) is 5.75 Å². The van der Waals surface area contributed by atoms with E-state index in [0.717, 1.165) is 16.5 Å². The van der Waals surface area contributed by atoms with Gasteiger partial charge in [-0.3, -0.25) is 14.5 Å². The number of anilines is 1. The maximum Gasteiger partial charge on any atom is 0.301 e. The van der Waals surface area contributed by atoms with Crippen molar-refractivity contribution in [3.63, 3.8) is 0 Å². The number of Topliss-reactive ketones (excluding diaryl/α,β-unsaturated/α-hetero) is 1. The highest BCUT2D eigenvalue weighted by Gasteiger charge is 2.48. The number of benzene rings is 3. The quantitative estimate of drug-likeness (QED) is 0.0683. The van der Waals surface area contributed by atoms with Crippen LogP contribution >= 0.6 is 39.0 Å². The summed E-state index contributed by atoms with van der Waals surface area (Å²) in [6.07, 6.45) is 0.855. The van der Waals surface area contributed by atoms with Gasteiger partial charge >= 0.3 is 5.91 Å². The summed E-state index contributed by atoms with van der Waals surface area (Å²) in [7, 11) is 0. The molecule has 1 amide bonds. The van der Waals surface area contributed by atoms with Crippen molar-refractivity contribution in [3.8, 4) is 5.75 Å². The van der Waals surface area contributed by atoms with Gasteiger partial charge in [-0.05, 0) is 53.9 Å². The molecule has 1 aliphatic heterocycles. The first-order chi connectivity index (χ1) is 19.4. The molecule has 0 saturated carbocycles. The average Bonchev–Trinajstić information content (AvgIpc) is 3.54. The van der Waals surface area contributed by atoms with Gasteiger partial charge in [0.1, 0.15) is 17.3 Å². The van der Waals surface area contributed by atoms with Crippen molar-refractivity contribution in [3.05, 3.63) is 105 Å². The number of aliphatic hydroxyl groups is 1. The van der Waals surface area contributed by atoms with E-state index in [-0.39, 0.29) is 22.3 Å². The van der Waals surface area contributed by atoms with Crippen LogP contribution in [-0.2, 0) is 15.3 Å². The number of ketones is 1. The molecule has 40 heavy (non-hydrogen) atoms. The van der Waals surface area contributed by atoms with Crippen molar-refractivity contribution in [2.45, 2.75) is 29.5 Å². The van der Waals surface area contributed by atoms with Gasteiger partial charge in [-0.2, -0.15) is 0 Å². The van der Waals surface area contributed by atoms with Crippen LogP contribution in [0.4, 0.5) is 9.52 Å². The van der Waals surface area contributed by atoms with Crippen LogP contribution in [0.3, 0.4) is 0 Å². The molecule has 0 radical (unpaired) electrons. The molecule has 1 atom stereocenters. The molecule has 2 heterocycles. The summed E-state index contributed by atoms with van der Waals surface area (Å²) in [6, 6.07) is 19.2. The van der Waals surface area contributed by atoms with Gasteiger partial charge < -0.3 is 9.84 Å². The predicted molar refractivity (Wildman–Crippen MR) is 157 cm³/mol. The summed E-state index contributed by atoms with van der Waals surface area (Å²) in [5, 5.41) is 20.0. The van der Waals surface area contributed by atoms with E-state index in [0.29, 0.717) is 33.6 Å². The lowest BCUT2D eigenvalue weighted by Gasteiger charge is -2.22. The van der Waals surface area contributed by atoms with Crippen molar-refractivity contribution in [2.75, 3.05) is 11.5 Å². The predicted octanol–water partition coefficient (Wildman–Crippen LogP) is 7.15. The molecule has 1 aliphatic rings. The molecule has 5 rings (SSSR count). The third kappa shape index (κ3) is 5.96. The average molecular weight is 641 g/mol. The molecule has 4 aromatic rings. The Kier molecular flexibility index (Phi) is 8.63. The summed E-state index contributed by atoms with van der Waals surface area (Å²) in [6.45, 7) is 2.57. The molecule has 3 aromatic carbocycles. The highest BCUT2D eigenvalue weighted by molar-refractivity contribution is 9.10. The number of aliphatic hydroxyl groups excluding tert-OH is 1. The Hall–Kier alpha value is -3.54. The van der Waals surface area contributed by atoms with E-state index in [2.05, 4.69) is 26.1 Å². The minimum atomic E-state index is -0.924. The topological polar surface area (TPSA) is 92.6 Å². The zero-order valence-electron chi connectivity index (χ0n) is 21.2. The van der Waals surface area contributed by atoms with E-state index >= 15 is 0 Å². The Balaban J connectivity index is 1.51. The lowest BCUT2D eigenvalue weighted by atomic mass is 9.95. The number of halogens is 2. The minimum Gasteiger partial charge on any atom is -0.507 e. The van der Waals surface area contributed by atoms with Crippen molar-refractivity contribution in [1.29, 1.82) is 0 Å². The summed E-state index contributed by atoms with van der Waals surface area (Å²) >= 11 is 5.93. The molecule has 1 fully saturated rings. The number of amides is 1. The fourth-order valence-electron chi connectivity index (χ4n) is 4.16. The smallest absolute Gasteiger partial charge is 0.301 e. The second-order valence-corrected chi connectivity index (χ2v) is 12.0. The number of hydrogen-bond donors (Lipinski definition) is 1. The van der Waals surface area contributed by atoms with Crippen LogP contribution in [0, 0.1) is 5.82 Å². The van der Waals surface area contributed by atoms with Gasteiger partial charge in [-0.25, -0.2) is 4.39 Å². The van der Waals surface area contributed by atoms with Gasteiger partial charge in [0.2, 0.25) is 5.13 Å². The molecule has 0 aliphatic carbocycles. The van der Waals surface area contributed by atoms with E-state index in [9.17, 15) is 19.1 Å². The number of carbonyl (C=O) groups excluding carboxylic acids is 2. The Morgan fingerprint density at radius 3 is 2.42 bits per heavy atom. The molecule has 0 bridgehead atoms. The lowest BCUT2D eigenvalue weighted by Crippen LogP contribution is -2.29. The molecular weight excluding hydrogens is 617 g/mol. The first-order valence-corrected chi connectivity index (χ1v) is 15.0. The second kappa shape index (κ2) is 12.3. The second-order valence-electron chi connectivity index (χ2n) is 8.86. The van der Waals surface area contributed by atoms with Gasteiger partial charge in [0, 0.05) is 15.8 Å². The molecule has 0 spiro atoms. The number of thioether (sulfide) groups is 1. The minimum absolute atomic E-state index is 0.0368. The normalized spacial score (nSPS) is 16.5. The third-order valence-electron chi connectivity index (χ3n) is 6.11. The van der Waals surface area contributed by atoms with Crippen LogP contribution in [0.1, 0.15) is 36.1 Å². The van der Waals surface area contributed by atoms with Crippen LogP contribution in [0.15, 0.2) is 87.2 Å². The Labute approximate surface area is 246 Å². The number of aromatic nitrogens is 2. The summed E-state index contributed by atoms with van der Waals surface area (Å²) in [4.78, 5) is 28.1. The number of carbonyl (C=O) groups is 2. The van der Waals surface area contributed by atoms with Crippen LogP contribution in [0.2, 0.25) is 0 Å². The first-order valence-electron chi connectivity index (χ1n) is 12.4. The van der Waals surface area contributed by atoms with Crippen LogP contribution in [0.25, 0.3) is 5.76 Å². The zero-order chi connectivity index (χ0) is 28.2. The molecule has 1 unspecified atom stereocenters. The van der Waals surface area contributed by atoms with Gasteiger partial charge in [-0.1, -0.05) is 82.4 Å². The molecule has 1 saturated heterocycles. The Morgan fingerprint density at radius 2 is 1.75 bits per heavy atom. The van der Waals surface area contributed by atoms with Gasteiger partial charge in [0.05, 0.1) is 18.2 Å². The van der Waals surface area contributed by atoms with E-state index in [1.807, 2.05) is 6.92 Å². The van der Waals surface area contributed by atoms with Crippen LogP contribution < -0.4 is 9.64 Å². The summed E-state index contributed by atoms with van der Waals surface area (Å²) in [5.74, 6) is -1.02. The first kappa shape index (κ1) is 28.0. The van der Waals surface area contributed by atoms with Crippen molar-refractivity contribution >= 4 is 61.6 Å². The summed E-state index contributed by atoms with van der Waals surface area (Å²) in [5.41, 5.74) is 1.88. The number of rotatable bonds is 9. The highest BCUT2D eigenvalue weighted by Crippen LogP contribution is 2.44. The van der Waals surface area contributed by atoms with Gasteiger partial charge in [0.15, 0.2) is 4.34 Å². The Bertz CT molecular complexity index is 1560.